The van der Waals surface area contributed by atoms with E-state index < -0.39 is 12.8 Å². The number of nitrogens with zero attached hydrogens (tertiary/aromatic N) is 2. The Morgan fingerprint density at radius 2 is 2.05 bits per heavy atom. The van der Waals surface area contributed by atoms with Gasteiger partial charge in [-0.2, -0.15) is 13.2 Å². The molecule has 7 heteroatoms. The molecule has 1 N–H and O–H groups in total. The van der Waals surface area contributed by atoms with Crippen LogP contribution < -0.4 is 5.32 Å². The number of halogens is 3. The van der Waals surface area contributed by atoms with Gasteiger partial charge in [-0.15, -0.1) is 0 Å². The molecule has 0 aliphatic carbocycles. The molecule has 0 unspecified atom stereocenters. The summed E-state index contributed by atoms with van der Waals surface area (Å²) in [6.45, 7) is 2.50. The van der Waals surface area contributed by atoms with Crippen molar-refractivity contribution in [1.82, 2.24) is 15.3 Å². The minimum Gasteiger partial charge on any atom is -0.372 e. The fourth-order valence-electron chi connectivity index (χ4n) is 2.38. The van der Waals surface area contributed by atoms with Gasteiger partial charge in [-0.05, 0) is 6.42 Å². The van der Waals surface area contributed by atoms with Crippen LogP contribution in [-0.2, 0) is 30.5 Å². The maximum absolute atomic E-state index is 12.0. The summed E-state index contributed by atoms with van der Waals surface area (Å²) in [5.41, 5.74) is 3.20. The second-order valence-electron chi connectivity index (χ2n) is 5.11. The summed E-state index contributed by atoms with van der Waals surface area (Å²) in [5, 5.41) is 3.30. The number of hydrogen-bond acceptors (Lipinski definition) is 4. The average Bonchev–Trinajstić information content (AvgIpc) is 2.43. The molecule has 0 atom stereocenters. The zero-order valence-electron chi connectivity index (χ0n) is 12.1. The van der Waals surface area contributed by atoms with Gasteiger partial charge in [0.1, 0.15) is 12.4 Å². The maximum atomic E-state index is 12.0. The topological polar surface area (TPSA) is 47.0 Å². The molecule has 0 amide bonds. The lowest BCUT2D eigenvalue weighted by atomic mass is 10.0. The number of nitrogens with one attached hydrogen (secondary N) is 1. The molecule has 0 spiro atoms. The van der Waals surface area contributed by atoms with Crippen molar-refractivity contribution in [3.63, 3.8) is 0 Å². The van der Waals surface area contributed by atoms with Crippen LogP contribution in [0.1, 0.15) is 36.1 Å². The molecule has 1 aliphatic heterocycles. The van der Waals surface area contributed by atoms with Crippen LogP contribution in [0.25, 0.3) is 0 Å². The lowest BCUT2D eigenvalue weighted by Crippen LogP contribution is -2.27. The van der Waals surface area contributed by atoms with Gasteiger partial charge in [-0.25, -0.2) is 9.97 Å². The standard InChI is InChI=1S/C14H20F3N3O/c1-2-3-11-10-8-18-6-4-12(10)20-13(19-11)5-7-21-9-14(15,16)17/h18H,2-9H2,1H3. The fraction of sp³-hybridized carbons (Fsp3) is 0.714. The number of aromatic nitrogens is 2. The smallest absolute Gasteiger partial charge is 0.372 e. The quantitative estimate of drug-likeness (QED) is 0.819. The summed E-state index contributed by atoms with van der Waals surface area (Å²) in [6, 6.07) is 0. The van der Waals surface area contributed by atoms with Crippen molar-refractivity contribution in [2.24, 2.45) is 0 Å². The van der Waals surface area contributed by atoms with Crippen molar-refractivity contribution in [2.45, 2.75) is 45.3 Å². The molecule has 0 saturated heterocycles. The zero-order chi connectivity index (χ0) is 15.3. The summed E-state index contributed by atoms with van der Waals surface area (Å²) >= 11 is 0. The van der Waals surface area contributed by atoms with Gasteiger partial charge in [0.05, 0.1) is 12.3 Å². The molecule has 118 valence electrons. The first-order chi connectivity index (χ1) is 9.99. The Bertz CT molecular complexity index is 477. The molecular formula is C14H20F3N3O. The van der Waals surface area contributed by atoms with Crippen molar-refractivity contribution >= 4 is 0 Å². The normalized spacial score (nSPS) is 15.0. The highest BCUT2D eigenvalue weighted by Crippen LogP contribution is 2.18. The minimum absolute atomic E-state index is 0.0118. The lowest BCUT2D eigenvalue weighted by Gasteiger charge is -2.20. The summed E-state index contributed by atoms with van der Waals surface area (Å²) in [7, 11) is 0. The van der Waals surface area contributed by atoms with Crippen molar-refractivity contribution < 1.29 is 17.9 Å². The molecule has 2 heterocycles. The number of rotatable bonds is 6. The van der Waals surface area contributed by atoms with Gasteiger partial charge >= 0.3 is 6.18 Å². The minimum atomic E-state index is -4.28. The molecule has 1 aromatic rings. The molecule has 4 nitrogen and oxygen atoms in total. The van der Waals surface area contributed by atoms with Gasteiger partial charge in [-0.3, -0.25) is 0 Å². The Morgan fingerprint density at radius 3 is 2.76 bits per heavy atom. The molecule has 21 heavy (non-hydrogen) atoms. The van der Waals surface area contributed by atoms with Crippen LogP contribution in [0.2, 0.25) is 0 Å². The van der Waals surface area contributed by atoms with E-state index in [-0.39, 0.29) is 6.61 Å². The zero-order valence-corrected chi connectivity index (χ0v) is 12.1. The van der Waals surface area contributed by atoms with Gasteiger partial charge in [0, 0.05) is 37.2 Å². The van der Waals surface area contributed by atoms with Crippen molar-refractivity contribution in [2.75, 3.05) is 19.8 Å². The third-order valence-corrected chi connectivity index (χ3v) is 3.29. The lowest BCUT2D eigenvalue weighted by molar-refractivity contribution is -0.173. The van der Waals surface area contributed by atoms with Crippen LogP contribution in [0.5, 0.6) is 0 Å². The predicted octanol–water partition coefficient (Wildman–Crippen LogP) is 2.20. The highest BCUT2D eigenvalue weighted by atomic mass is 19.4. The summed E-state index contributed by atoms with van der Waals surface area (Å²) in [6.07, 6.45) is -1.29. The number of hydrogen-bond donors (Lipinski definition) is 1. The number of ether oxygens (including phenoxy) is 1. The summed E-state index contributed by atoms with van der Waals surface area (Å²) in [4.78, 5) is 8.98. The second-order valence-corrected chi connectivity index (χ2v) is 5.11. The molecule has 2 rings (SSSR count). The number of fused-ring (bicyclic) bond motifs is 1. The summed E-state index contributed by atoms with van der Waals surface area (Å²) in [5.74, 6) is 0.585. The van der Waals surface area contributed by atoms with E-state index in [1.54, 1.807) is 0 Å². The Balaban J connectivity index is 2.01. The Kier molecular flexibility index (Phi) is 5.52. The molecular weight excluding hydrogens is 283 g/mol. The van der Waals surface area contributed by atoms with Crippen LogP contribution >= 0.6 is 0 Å². The van der Waals surface area contributed by atoms with Crippen molar-refractivity contribution in [3.8, 4) is 0 Å². The van der Waals surface area contributed by atoms with Gasteiger partial charge in [-0.1, -0.05) is 13.3 Å². The van der Waals surface area contributed by atoms with E-state index in [0.29, 0.717) is 12.2 Å². The molecule has 0 aromatic carbocycles. The van der Waals surface area contributed by atoms with Gasteiger partial charge in [0.25, 0.3) is 0 Å². The van der Waals surface area contributed by atoms with Crippen LogP contribution in [0, 0.1) is 0 Å². The first-order valence-electron chi connectivity index (χ1n) is 7.22. The first kappa shape index (κ1) is 16.2. The molecule has 1 aromatic heterocycles. The molecule has 0 bridgehead atoms. The predicted molar refractivity (Wildman–Crippen MR) is 72.0 cm³/mol. The van der Waals surface area contributed by atoms with Crippen LogP contribution in [0.4, 0.5) is 13.2 Å². The van der Waals surface area contributed by atoms with E-state index in [0.717, 1.165) is 49.3 Å². The van der Waals surface area contributed by atoms with Gasteiger partial charge in [0.2, 0.25) is 0 Å². The van der Waals surface area contributed by atoms with E-state index in [9.17, 15) is 13.2 Å². The second kappa shape index (κ2) is 7.17. The Morgan fingerprint density at radius 1 is 1.24 bits per heavy atom. The summed E-state index contributed by atoms with van der Waals surface area (Å²) < 4.78 is 40.7. The number of alkyl halides is 3. The van der Waals surface area contributed by atoms with E-state index in [1.165, 1.54) is 0 Å². The third kappa shape index (κ3) is 4.93. The van der Waals surface area contributed by atoms with Crippen LogP contribution in [-0.4, -0.2) is 35.9 Å². The van der Waals surface area contributed by atoms with E-state index in [4.69, 9.17) is 0 Å². The van der Waals surface area contributed by atoms with Crippen LogP contribution in [0.15, 0.2) is 0 Å². The molecule has 0 fully saturated rings. The number of aryl methyl sites for hydroxylation is 1. The molecule has 1 aliphatic rings. The highest BCUT2D eigenvalue weighted by molar-refractivity contribution is 5.28. The highest BCUT2D eigenvalue weighted by Gasteiger charge is 2.27. The Hall–Kier alpha value is -1.21. The van der Waals surface area contributed by atoms with E-state index in [2.05, 4.69) is 26.9 Å². The molecule has 0 saturated carbocycles. The van der Waals surface area contributed by atoms with Crippen LogP contribution in [0.3, 0.4) is 0 Å². The van der Waals surface area contributed by atoms with Gasteiger partial charge in [0.15, 0.2) is 0 Å². The monoisotopic (exact) mass is 303 g/mol. The third-order valence-electron chi connectivity index (χ3n) is 3.29. The average molecular weight is 303 g/mol. The van der Waals surface area contributed by atoms with Crippen molar-refractivity contribution in [3.05, 3.63) is 22.8 Å². The SMILES string of the molecule is CCCc1nc(CCOCC(F)(F)F)nc2c1CNCC2. The largest absolute Gasteiger partial charge is 0.411 e. The van der Waals surface area contributed by atoms with Gasteiger partial charge < -0.3 is 10.1 Å². The van der Waals surface area contributed by atoms with E-state index in [1.807, 2.05) is 0 Å². The fourth-order valence-corrected chi connectivity index (χ4v) is 2.38. The first-order valence-corrected chi connectivity index (χ1v) is 7.22. The molecule has 0 radical (unpaired) electrons. The maximum Gasteiger partial charge on any atom is 0.411 e. The van der Waals surface area contributed by atoms with E-state index >= 15 is 0 Å². The Labute approximate surface area is 122 Å². The van der Waals surface area contributed by atoms with Crippen molar-refractivity contribution in [1.29, 1.82) is 0 Å².